The number of carbonyl (C=O) groups is 1. The Morgan fingerprint density at radius 2 is 2.25 bits per heavy atom. The minimum atomic E-state index is 0.757. The molecular weight excluding hydrogens is 118 g/mol. The molecule has 1 atom stereocenters. The molecule has 0 spiro atoms. The molecule has 4 heavy (non-hydrogen) atoms. The summed E-state index contributed by atoms with van der Waals surface area (Å²) >= 11 is 0.757. The minimum absolute atomic E-state index is 0.757. The molecule has 0 radical (unpaired) electrons. The fraction of sp³-hybridized carbons (Fsp3) is 0. The summed E-state index contributed by atoms with van der Waals surface area (Å²) in [6.45, 7) is 0. The summed E-state index contributed by atoms with van der Waals surface area (Å²) in [5, 5.41) is 0.807. The van der Waals surface area contributed by atoms with Crippen molar-refractivity contribution in [2.45, 2.75) is 0 Å². The van der Waals surface area contributed by atoms with E-state index in [1.54, 1.807) is 0 Å². The van der Waals surface area contributed by atoms with Crippen molar-refractivity contribution >= 4 is 13.2 Å². The van der Waals surface area contributed by atoms with Gasteiger partial charge in [-0.2, -0.15) is 0 Å². The maximum absolute atomic E-state index is 9.14. The van der Waals surface area contributed by atoms with E-state index in [1.165, 1.54) is 0 Å². The molecule has 1 unspecified atom stereocenters. The van der Waals surface area contributed by atoms with Gasteiger partial charge in [0.1, 0.15) is 0 Å². The van der Waals surface area contributed by atoms with Crippen LogP contribution in [-0.2, 0) is 19.1 Å². The topological polar surface area (TPSA) is 17.1 Å². The van der Waals surface area contributed by atoms with E-state index >= 15 is 0 Å². The first-order chi connectivity index (χ1) is 1.91. The zero-order valence-corrected chi connectivity index (χ0v) is 4.09. The van der Waals surface area contributed by atoms with E-state index in [9.17, 15) is 0 Å². The first-order valence-electron chi connectivity index (χ1n) is 0.621. The van der Waals surface area contributed by atoms with E-state index in [0.29, 0.717) is 0 Å². The third kappa shape index (κ3) is 2.61. The molecule has 3 heteroatoms. The summed E-state index contributed by atoms with van der Waals surface area (Å²) in [5.41, 5.74) is 0. The number of rotatable bonds is 1. The van der Waals surface area contributed by atoms with Gasteiger partial charge in [-0.15, -0.1) is 0 Å². The molecule has 0 fully saturated rings. The Labute approximate surface area is 33.0 Å². The molecule has 0 aliphatic carbocycles. The first kappa shape index (κ1) is 4.61. The SMILES string of the molecule is O=[CH][Co][PH2]. The normalized spacial score (nSPS) is 7.25. The van der Waals surface area contributed by atoms with Gasteiger partial charge in [-0.3, -0.25) is 0 Å². The van der Waals surface area contributed by atoms with Crippen LogP contribution in [0.15, 0.2) is 0 Å². The van der Waals surface area contributed by atoms with Crippen LogP contribution in [0.3, 0.4) is 0 Å². The zero-order valence-electron chi connectivity index (χ0n) is 1.90. The molecule has 1 nitrogen and oxygen atoms in total. The van der Waals surface area contributed by atoms with Gasteiger partial charge in [0.25, 0.3) is 0 Å². The van der Waals surface area contributed by atoms with E-state index < -0.39 is 0 Å². The predicted octanol–water partition coefficient (Wildman–Crippen LogP) is 0.0492. The van der Waals surface area contributed by atoms with Gasteiger partial charge in [-0.25, -0.2) is 0 Å². The van der Waals surface area contributed by atoms with Crippen molar-refractivity contribution in [3.05, 3.63) is 0 Å². The number of hydrogen-bond acceptors (Lipinski definition) is 1. The summed E-state index contributed by atoms with van der Waals surface area (Å²) in [6, 6.07) is 0. The van der Waals surface area contributed by atoms with Crippen LogP contribution in [0.2, 0.25) is 0 Å². The average Bonchev–Trinajstić information content (AvgIpc) is 1.37. The predicted molar refractivity (Wildman–Crippen MR) is 16.5 cm³/mol. The van der Waals surface area contributed by atoms with E-state index in [2.05, 4.69) is 7.97 Å². The van der Waals surface area contributed by atoms with Crippen molar-refractivity contribution in [1.29, 1.82) is 0 Å². The van der Waals surface area contributed by atoms with Crippen molar-refractivity contribution < 1.29 is 19.1 Å². The molecule has 0 aliphatic rings. The van der Waals surface area contributed by atoms with Gasteiger partial charge in [0.15, 0.2) is 0 Å². The second-order valence-electron chi connectivity index (χ2n) is 0.190. The summed E-state index contributed by atoms with van der Waals surface area (Å²) in [5.74, 6) is 0. The summed E-state index contributed by atoms with van der Waals surface area (Å²) in [6.07, 6.45) is 0. The number of carbonyl (C=O) groups excluding carboxylic acids is 1. The van der Waals surface area contributed by atoms with Crippen molar-refractivity contribution in [3.8, 4) is 0 Å². The first-order valence-corrected chi connectivity index (χ1v) is 3.41. The Morgan fingerprint density at radius 3 is 2.25 bits per heavy atom. The maximum atomic E-state index is 9.14. The molecule has 0 aromatic rings. The second-order valence-corrected chi connectivity index (χ2v) is 1.70. The molecule has 0 saturated heterocycles. The van der Waals surface area contributed by atoms with E-state index in [0.717, 1.165) is 19.5 Å². The Kier molecular flexibility index (Phi) is 4.15. The van der Waals surface area contributed by atoms with E-state index in [4.69, 9.17) is 4.79 Å². The van der Waals surface area contributed by atoms with Gasteiger partial charge in [0.2, 0.25) is 0 Å². The van der Waals surface area contributed by atoms with Crippen LogP contribution in [-0.4, -0.2) is 5.22 Å². The van der Waals surface area contributed by atoms with Gasteiger partial charge in [0.05, 0.1) is 0 Å². The van der Waals surface area contributed by atoms with Gasteiger partial charge >= 0.3 is 32.2 Å². The quantitative estimate of drug-likeness (QED) is 0.353. The van der Waals surface area contributed by atoms with Crippen LogP contribution in [0.1, 0.15) is 0 Å². The van der Waals surface area contributed by atoms with Crippen LogP contribution >= 0.6 is 7.97 Å². The molecule has 0 aromatic carbocycles. The fourth-order valence-electron chi connectivity index (χ4n) is 0. The van der Waals surface area contributed by atoms with Crippen LogP contribution in [0.25, 0.3) is 0 Å². The van der Waals surface area contributed by atoms with Crippen molar-refractivity contribution in [1.82, 2.24) is 0 Å². The van der Waals surface area contributed by atoms with Crippen LogP contribution in [0, 0.1) is 0 Å². The molecule has 0 amide bonds. The molecule has 27 valence electrons. The van der Waals surface area contributed by atoms with Crippen LogP contribution in [0.4, 0.5) is 0 Å². The van der Waals surface area contributed by atoms with E-state index in [1.807, 2.05) is 0 Å². The monoisotopic (exact) mass is 121 g/mol. The molecule has 0 aliphatic heterocycles. The molecule has 0 N–H and O–H groups in total. The summed E-state index contributed by atoms with van der Waals surface area (Å²) < 4.78 is 0. The molecule has 0 aromatic heterocycles. The zero-order chi connectivity index (χ0) is 3.41. The summed E-state index contributed by atoms with van der Waals surface area (Å²) in [4.78, 5) is 9.14. The van der Waals surface area contributed by atoms with Crippen molar-refractivity contribution in [2.24, 2.45) is 0 Å². The molecule has 0 rings (SSSR count). The molecule has 0 bridgehead atoms. The Bertz CT molecular complexity index is 22.0. The Balaban J connectivity index is 2.30. The van der Waals surface area contributed by atoms with E-state index in [-0.39, 0.29) is 0 Å². The van der Waals surface area contributed by atoms with Gasteiger partial charge in [-0.05, 0) is 0 Å². The van der Waals surface area contributed by atoms with Gasteiger partial charge in [-0.1, -0.05) is 0 Å². The molecule has 0 heterocycles. The second kappa shape index (κ2) is 3.61. The molecule has 0 saturated carbocycles. The standard InChI is InChI=1S/CHO.Co.H2P/c1-2;;/h1H;;1H2/q;+1;-1. The number of hydrogen-bond donors (Lipinski definition) is 0. The van der Waals surface area contributed by atoms with Crippen LogP contribution in [0.5, 0.6) is 0 Å². The van der Waals surface area contributed by atoms with Crippen molar-refractivity contribution in [3.63, 3.8) is 0 Å². The molecular formula is CH3CoOP. The summed E-state index contributed by atoms with van der Waals surface area (Å²) in [7, 11) is 2.26. The third-order valence-corrected chi connectivity index (χ3v) is 0.561. The van der Waals surface area contributed by atoms with Crippen molar-refractivity contribution in [2.75, 3.05) is 0 Å². The Hall–Kier alpha value is 0.606. The van der Waals surface area contributed by atoms with Gasteiger partial charge < -0.3 is 0 Å². The third-order valence-electron chi connectivity index (χ3n) is 0.0454. The Morgan fingerprint density at radius 1 is 2.00 bits per heavy atom. The average molecular weight is 121 g/mol. The fourth-order valence-corrected chi connectivity index (χ4v) is 0. The van der Waals surface area contributed by atoms with Crippen LogP contribution < -0.4 is 0 Å². The van der Waals surface area contributed by atoms with Gasteiger partial charge in [0, 0.05) is 0 Å².